The quantitative estimate of drug-likeness (QED) is 0.568. The van der Waals surface area contributed by atoms with E-state index in [1.54, 1.807) is 28.9 Å². The Bertz CT molecular complexity index is 1110. The first-order valence-corrected chi connectivity index (χ1v) is 10.2. The monoisotopic (exact) mass is 445 g/mol. The Morgan fingerprint density at radius 3 is 2.66 bits per heavy atom. The van der Waals surface area contributed by atoms with E-state index in [-0.39, 0.29) is 29.8 Å². The average molecular weight is 445 g/mol. The molecule has 0 bridgehead atoms. The van der Waals surface area contributed by atoms with Crippen LogP contribution in [0.25, 0.3) is 5.69 Å². The molecule has 0 radical (unpaired) electrons. The molecule has 1 N–H and O–H groups in total. The number of nitrogens with one attached hydrogen (secondary N) is 1. The first kappa shape index (κ1) is 21.7. The van der Waals surface area contributed by atoms with E-state index in [1.807, 2.05) is 0 Å². The fraction of sp³-hybridized carbons (Fsp3) is 0.304. The maximum atomic E-state index is 13.3. The molecule has 168 valence electrons. The predicted molar refractivity (Wildman–Crippen MR) is 111 cm³/mol. The summed E-state index contributed by atoms with van der Waals surface area (Å²) in [5, 5.41) is 7.33. The van der Waals surface area contributed by atoms with Crippen molar-refractivity contribution in [3.05, 3.63) is 70.8 Å². The molecule has 0 saturated heterocycles. The molecule has 32 heavy (non-hydrogen) atoms. The minimum absolute atomic E-state index is 0.0535. The van der Waals surface area contributed by atoms with Gasteiger partial charge in [0.1, 0.15) is 5.82 Å². The zero-order valence-corrected chi connectivity index (χ0v) is 17.4. The van der Waals surface area contributed by atoms with Crippen LogP contribution in [0.1, 0.15) is 33.7 Å². The van der Waals surface area contributed by atoms with Gasteiger partial charge in [-0.15, -0.1) is 0 Å². The third-order valence-electron chi connectivity index (χ3n) is 5.36. The van der Waals surface area contributed by atoms with Crippen molar-refractivity contribution in [3.63, 3.8) is 0 Å². The Morgan fingerprint density at radius 2 is 1.94 bits per heavy atom. The van der Waals surface area contributed by atoms with Crippen LogP contribution in [-0.2, 0) is 19.3 Å². The van der Waals surface area contributed by atoms with E-state index >= 15 is 0 Å². The zero-order valence-electron chi connectivity index (χ0n) is 17.4. The van der Waals surface area contributed by atoms with Crippen LogP contribution >= 0.6 is 0 Å². The van der Waals surface area contributed by atoms with Crippen LogP contribution in [0.5, 0.6) is 11.5 Å². The number of alkyl halides is 2. The number of benzene rings is 2. The molecule has 6 nitrogen and oxygen atoms in total. The van der Waals surface area contributed by atoms with E-state index in [1.165, 1.54) is 25.3 Å². The summed E-state index contributed by atoms with van der Waals surface area (Å²) >= 11 is 0. The van der Waals surface area contributed by atoms with Gasteiger partial charge in [0.2, 0.25) is 0 Å². The number of fused-ring (bicyclic) bond motifs is 1. The number of amides is 1. The molecule has 2 aromatic carbocycles. The van der Waals surface area contributed by atoms with Crippen LogP contribution in [0.3, 0.4) is 0 Å². The normalized spacial score (nSPS) is 12.7. The zero-order chi connectivity index (χ0) is 22.7. The summed E-state index contributed by atoms with van der Waals surface area (Å²) in [4.78, 5) is 12.8. The van der Waals surface area contributed by atoms with E-state index in [9.17, 15) is 18.0 Å². The molecule has 1 aliphatic rings. The molecule has 0 aliphatic heterocycles. The molecule has 3 aromatic rings. The van der Waals surface area contributed by atoms with Gasteiger partial charge in [-0.25, -0.2) is 9.07 Å². The Balaban J connectivity index is 1.45. The maximum absolute atomic E-state index is 13.3. The van der Waals surface area contributed by atoms with E-state index in [0.29, 0.717) is 23.4 Å². The standard InChI is InChI=1S/C23H22F3N3O3/c1-31-19-10-5-14(13-20(19)32-23(25)26)11-12-27-22(30)21-17-3-2-4-18(17)29(28-21)16-8-6-15(24)7-9-16/h5-10,13,23H,2-4,11-12H2,1H3,(H,27,30). The number of nitrogens with zero attached hydrogens (tertiary/aromatic N) is 2. The summed E-state index contributed by atoms with van der Waals surface area (Å²) in [7, 11) is 1.37. The van der Waals surface area contributed by atoms with Crippen molar-refractivity contribution >= 4 is 5.91 Å². The summed E-state index contributed by atoms with van der Waals surface area (Å²) in [6.45, 7) is -2.67. The first-order valence-electron chi connectivity index (χ1n) is 10.2. The fourth-order valence-corrected chi connectivity index (χ4v) is 3.88. The van der Waals surface area contributed by atoms with Gasteiger partial charge in [-0.2, -0.15) is 13.9 Å². The third kappa shape index (κ3) is 4.56. The van der Waals surface area contributed by atoms with E-state index in [4.69, 9.17) is 4.74 Å². The molecule has 9 heteroatoms. The van der Waals surface area contributed by atoms with E-state index in [0.717, 1.165) is 30.5 Å². The molecule has 0 fully saturated rings. The third-order valence-corrected chi connectivity index (χ3v) is 5.36. The largest absolute Gasteiger partial charge is 0.493 e. The highest BCUT2D eigenvalue weighted by molar-refractivity contribution is 5.94. The fourth-order valence-electron chi connectivity index (χ4n) is 3.88. The number of rotatable bonds is 8. The summed E-state index contributed by atoms with van der Waals surface area (Å²) < 4.78 is 49.7. The van der Waals surface area contributed by atoms with Crippen molar-refractivity contribution in [2.75, 3.05) is 13.7 Å². The summed E-state index contributed by atoms with van der Waals surface area (Å²) in [5.41, 5.74) is 3.64. The van der Waals surface area contributed by atoms with Gasteiger partial charge in [0.15, 0.2) is 17.2 Å². The Labute approximate surface area is 183 Å². The summed E-state index contributed by atoms with van der Waals surface area (Å²) in [6, 6.07) is 10.7. The van der Waals surface area contributed by atoms with Crippen molar-refractivity contribution in [1.29, 1.82) is 0 Å². The Morgan fingerprint density at radius 1 is 1.16 bits per heavy atom. The van der Waals surface area contributed by atoms with E-state index in [2.05, 4.69) is 15.2 Å². The molecule has 1 aromatic heterocycles. The highest BCUT2D eigenvalue weighted by atomic mass is 19.3. The number of hydrogen-bond donors (Lipinski definition) is 1. The molecule has 1 amide bonds. The Kier molecular flexibility index (Phi) is 6.34. The second-order valence-electron chi connectivity index (χ2n) is 7.39. The number of carbonyl (C=O) groups is 1. The molecule has 0 atom stereocenters. The molecule has 0 saturated carbocycles. The summed E-state index contributed by atoms with van der Waals surface area (Å²) in [6.07, 6.45) is 2.89. The number of ether oxygens (including phenoxy) is 2. The second kappa shape index (κ2) is 9.33. The maximum Gasteiger partial charge on any atom is 0.387 e. The van der Waals surface area contributed by atoms with Crippen molar-refractivity contribution in [3.8, 4) is 17.2 Å². The summed E-state index contributed by atoms with van der Waals surface area (Å²) in [5.74, 6) is -0.486. The number of hydrogen-bond acceptors (Lipinski definition) is 4. The number of methoxy groups -OCH3 is 1. The van der Waals surface area contributed by atoms with Gasteiger partial charge in [-0.3, -0.25) is 4.79 Å². The van der Waals surface area contributed by atoms with Crippen LogP contribution < -0.4 is 14.8 Å². The lowest BCUT2D eigenvalue weighted by Gasteiger charge is -2.12. The van der Waals surface area contributed by atoms with Gasteiger partial charge in [0.05, 0.1) is 12.8 Å². The van der Waals surface area contributed by atoms with Crippen LogP contribution in [-0.4, -0.2) is 36.0 Å². The SMILES string of the molecule is COc1ccc(CCNC(=O)c2nn(-c3ccc(F)cc3)c3c2CCC3)cc1OC(F)F. The topological polar surface area (TPSA) is 65.4 Å². The van der Waals surface area contributed by atoms with Crippen LogP contribution in [0.15, 0.2) is 42.5 Å². The van der Waals surface area contributed by atoms with Gasteiger partial charge >= 0.3 is 6.61 Å². The number of halogens is 3. The van der Waals surface area contributed by atoms with Gasteiger partial charge < -0.3 is 14.8 Å². The van der Waals surface area contributed by atoms with Crippen molar-refractivity contribution in [1.82, 2.24) is 15.1 Å². The van der Waals surface area contributed by atoms with Crippen LogP contribution in [0.4, 0.5) is 13.2 Å². The van der Waals surface area contributed by atoms with Gasteiger partial charge in [0, 0.05) is 17.8 Å². The Hall–Kier alpha value is -3.49. The van der Waals surface area contributed by atoms with Gasteiger partial charge in [-0.05, 0) is 67.6 Å². The average Bonchev–Trinajstić information content (AvgIpc) is 3.37. The smallest absolute Gasteiger partial charge is 0.387 e. The van der Waals surface area contributed by atoms with Crippen molar-refractivity contribution in [2.45, 2.75) is 32.3 Å². The minimum atomic E-state index is -2.96. The van der Waals surface area contributed by atoms with Gasteiger partial charge in [-0.1, -0.05) is 6.07 Å². The predicted octanol–water partition coefficient (Wildman–Crippen LogP) is 4.08. The molecular formula is C23H22F3N3O3. The molecule has 1 aliphatic carbocycles. The molecule has 0 spiro atoms. The lowest BCUT2D eigenvalue weighted by molar-refractivity contribution is -0.0512. The lowest BCUT2D eigenvalue weighted by Crippen LogP contribution is -2.27. The first-order chi connectivity index (χ1) is 15.5. The van der Waals surface area contributed by atoms with Crippen molar-refractivity contribution < 1.29 is 27.4 Å². The van der Waals surface area contributed by atoms with Gasteiger partial charge in [0.25, 0.3) is 5.91 Å². The molecule has 4 rings (SSSR count). The lowest BCUT2D eigenvalue weighted by atomic mass is 10.1. The highest BCUT2D eigenvalue weighted by Gasteiger charge is 2.26. The van der Waals surface area contributed by atoms with Crippen molar-refractivity contribution in [2.24, 2.45) is 0 Å². The highest BCUT2D eigenvalue weighted by Crippen LogP contribution is 2.30. The molecule has 0 unspecified atom stereocenters. The number of aromatic nitrogens is 2. The van der Waals surface area contributed by atoms with Crippen LogP contribution in [0, 0.1) is 5.82 Å². The van der Waals surface area contributed by atoms with Crippen LogP contribution in [0.2, 0.25) is 0 Å². The van der Waals surface area contributed by atoms with E-state index < -0.39 is 6.61 Å². The number of carbonyl (C=O) groups excluding carboxylic acids is 1. The molecular weight excluding hydrogens is 423 g/mol. The molecule has 1 heterocycles. The second-order valence-corrected chi connectivity index (χ2v) is 7.39. The minimum Gasteiger partial charge on any atom is -0.493 e.